The minimum atomic E-state index is -0.777. The van der Waals surface area contributed by atoms with Gasteiger partial charge in [0.05, 0.1) is 16.8 Å². The van der Waals surface area contributed by atoms with Gasteiger partial charge in [-0.25, -0.2) is 0 Å². The first kappa shape index (κ1) is 16.9. The Bertz CT molecular complexity index is 1110. The number of halogens is 1. The van der Waals surface area contributed by atoms with Crippen LogP contribution < -0.4 is 14.3 Å². The van der Waals surface area contributed by atoms with E-state index in [9.17, 15) is 4.79 Å². The van der Waals surface area contributed by atoms with Crippen molar-refractivity contribution >= 4 is 43.4 Å². The Labute approximate surface area is 162 Å². The Kier molecular flexibility index (Phi) is 4.53. The van der Waals surface area contributed by atoms with Gasteiger partial charge in [-0.1, -0.05) is 45.3 Å². The lowest BCUT2D eigenvalue weighted by Crippen LogP contribution is -2.36. The summed E-state index contributed by atoms with van der Waals surface area (Å²) in [5.74, 6) is 3.40. The van der Waals surface area contributed by atoms with E-state index in [4.69, 9.17) is 15.9 Å². The fraction of sp³-hybridized carbons (Fsp3) is 0.158. The van der Waals surface area contributed by atoms with Crippen LogP contribution >= 0.6 is 27.3 Å². The highest BCUT2D eigenvalue weighted by molar-refractivity contribution is 9.10. The van der Waals surface area contributed by atoms with Crippen molar-refractivity contribution < 1.29 is 14.3 Å². The largest absolute Gasteiger partial charge is 0.485 e. The first-order valence-corrected chi connectivity index (χ1v) is 9.46. The summed E-state index contributed by atoms with van der Waals surface area (Å²) < 4.78 is 15.1. The molecule has 130 valence electrons. The second-order valence-electron chi connectivity index (χ2n) is 5.60. The third kappa shape index (κ3) is 3.14. The molecule has 2 heterocycles. The van der Waals surface area contributed by atoms with E-state index >= 15 is 0 Å². The molecule has 1 aliphatic heterocycles. The molecule has 0 radical (unpaired) electrons. The van der Waals surface area contributed by atoms with Crippen LogP contribution in [0, 0.1) is 12.3 Å². The lowest BCUT2D eigenvalue weighted by molar-refractivity contribution is -0.127. The number of fused-ring (bicyclic) bond motifs is 2. The van der Waals surface area contributed by atoms with Crippen molar-refractivity contribution in [2.45, 2.75) is 12.6 Å². The molecule has 26 heavy (non-hydrogen) atoms. The molecule has 0 bridgehead atoms. The van der Waals surface area contributed by atoms with Gasteiger partial charge in [-0.05, 0) is 30.3 Å². The number of hydrogen-bond donors (Lipinski definition) is 0. The Morgan fingerprint density at radius 3 is 2.96 bits per heavy atom. The predicted molar refractivity (Wildman–Crippen MR) is 103 cm³/mol. The molecule has 1 aromatic heterocycles. The number of ether oxygens (including phenoxy) is 2. The highest BCUT2D eigenvalue weighted by atomic mass is 79.9. The Balaban J connectivity index is 1.71. The van der Waals surface area contributed by atoms with Crippen LogP contribution in [-0.4, -0.2) is 23.2 Å². The van der Waals surface area contributed by atoms with Gasteiger partial charge in [0, 0.05) is 4.47 Å². The summed E-state index contributed by atoms with van der Waals surface area (Å²) in [5.41, 5.74) is 0.939. The summed E-state index contributed by atoms with van der Waals surface area (Å²) in [6, 6.07) is 13.1. The number of aromatic nitrogens is 1. The van der Waals surface area contributed by atoms with Gasteiger partial charge in [0.1, 0.15) is 6.61 Å². The van der Waals surface area contributed by atoms with Crippen molar-refractivity contribution in [1.29, 1.82) is 0 Å². The van der Waals surface area contributed by atoms with Crippen LogP contribution in [0.2, 0.25) is 0 Å². The number of terminal acetylenes is 1. The van der Waals surface area contributed by atoms with Gasteiger partial charge in [-0.15, -0.1) is 6.42 Å². The monoisotopic (exact) mass is 428 g/mol. The molecular formula is C19H13BrN2O3S. The summed E-state index contributed by atoms with van der Waals surface area (Å²) in [4.78, 5) is 17.5. The number of rotatable bonds is 2. The fourth-order valence-electron chi connectivity index (χ4n) is 2.68. The topological polar surface area (TPSA) is 52.8 Å². The zero-order valence-corrected chi connectivity index (χ0v) is 15.9. The van der Waals surface area contributed by atoms with Gasteiger partial charge in [-0.3, -0.25) is 4.79 Å². The second kappa shape index (κ2) is 6.98. The van der Waals surface area contributed by atoms with Gasteiger partial charge in [-0.2, -0.15) is 4.99 Å². The van der Waals surface area contributed by atoms with Crippen molar-refractivity contribution in [2.75, 3.05) is 6.61 Å². The molecule has 0 unspecified atom stereocenters. The number of carbonyl (C=O) groups is 1. The third-order valence-corrected chi connectivity index (χ3v) is 5.42. The molecule has 5 nitrogen and oxygen atoms in total. The smallest absolute Gasteiger partial charge is 0.292 e. The molecular weight excluding hydrogens is 416 g/mol. The highest BCUT2D eigenvalue weighted by Gasteiger charge is 2.27. The Hall–Kier alpha value is -2.56. The molecule has 4 rings (SSSR count). The molecule has 2 aromatic carbocycles. The first-order valence-electron chi connectivity index (χ1n) is 7.85. The number of hydrogen-bond acceptors (Lipinski definition) is 4. The maximum atomic E-state index is 12.6. The minimum absolute atomic E-state index is 0.130. The number of para-hydroxylation sites is 2. The van der Waals surface area contributed by atoms with Crippen LogP contribution in [0.4, 0.5) is 0 Å². The lowest BCUT2D eigenvalue weighted by atomic mass is 10.2. The number of benzene rings is 2. The molecule has 1 aliphatic rings. The zero-order chi connectivity index (χ0) is 18.1. The number of amides is 1. The standard InChI is InChI=1S/C19H13BrN2O3S/c1-2-9-22-13-8-7-12(20)10-17(13)26-19(22)21-18(23)16-11-24-14-5-3-4-6-15(14)25-16/h1,3-8,10,16H,9,11H2/t16-/m1/s1. The van der Waals surface area contributed by atoms with Gasteiger partial charge in [0.15, 0.2) is 16.3 Å². The molecule has 0 N–H and O–H groups in total. The maximum absolute atomic E-state index is 12.6. The highest BCUT2D eigenvalue weighted by Crippen LogP contribution is 2.31. The van der Waals surface area contributed by atoms with Crippen molar-refractivity contribution in [3.63, 3.8) is 0 Å². The molecule has 1 atom stereocenters. The van der Waals surface area contributed by atoms with Crippen LogP contribution in [0.3, 0.4) is 0 Å². The van der Waals surface area contributed by atoms with E-state index in [2.05, 4.69) is 26.8 Å². The van der Waals surface area contributed by atoms with Crippen molar-refractivity contribution in [3.05, 3.63) is 51.7 Å². The van der Waals surface area contributed by atoms with Gasteiger partial charge in [0.2, 0.25) is 6.10 Å². The fourth-order valence-corrected chi connectivity index (χ4v) is 4.27. The van der Waals surface area contributed by atoms with E-state index in [1.54, 1.807) is 12.1 Å². The average Bonchev–Trinajstić information content (AvgIpc) is 2.98. The molecule has 0 saturated carbocycles. The van der Waals surface area contributed by atoms with E-state index in [0.717, 1.165) is 14.7 Å². The maximum Gasteiger partial charge on any atom is 0.292 e. The van der Waals surface area contributed by atoms with E-state index < -0.39 is 12.0 Å². The predicted octanol–water partition coefficient (Wildman–Crippen LogP) is 3.37. The third-order valence-electron chi connectivity index (χ3n) is 3.88. The zero-order valence-electron chi connectivity index (χ0n) is 13.5. The van der Waals surface area contributed by atoms with Crippen LogP contribution in [0.1, 0.15) is 0 Å². The molecule has 0 saturated heterocycles. The van der Waals surface area contributed by atoms with Crippen LogP contribution in [0.15, 0.2) is 51.9 Å². The van der Waals surface area contributed by atoms with Gasteiger partial charge >= 0.3 is 0 Å². The molecule has 0 fully saturated rings. The first-order chi connectivity index (χ1) is 12.7. The Morgan fingerprint density at radius 1 is 1.35 bits per heavy atom. The van der Waals surface area contributed by atoms with Crippen molar-refractivity contribution in [3.8, 4) is 23.8 Å². The van der Waals surface area contributed by atoms with Crippen LogP contribution in [0.25, 0.3) is 10.2 Å². The van der Waals surface area contributed by atoms with E-state index in [1.165, 1.54) is 11.3 Å². The Morgan fingerprint density at radius 2 is 2.15 bits per heavy atom. The molecule has 3 aromatic rings. The summed E-state index contributed by atoms with van der Waals surface area (Å²) in [6.45, 7) is 0.462. The SMILES string of the molecule is C#CCn1c(=NC(=O)[C@H]2COc3ccccc3O2)sc2cc(Br)ccc21. The molecule has 0 aliphatic carbocycles. The lowest BCUT2D eigenvalue weighted by Gasteiger charge is -2.23. The number of carbonyl (C=O) groups excluding carboxylic acids is 1. The van der Waals surface area contributed by atoms with Gasteiger partial charge < -0.3 is 14.0 Å². The molecule has 0 spiro atoms. The van der Waals surface area contributed by atoms with Crippen LogP contribution in [-0.2, 0) is 11.3 Å². The van der Waals surface area contributed by atoms with E-state index in [-0.39, 0.29) is 6.61 Å². The van der Waals surface area contributed by atoms with Crippen molar-refractivity contribution in [1.82, 2.24) is 4.57 Å². The number of nitrogens with zero attached hydrogens (tertiary/aromatic N) is 2. The van der Waals surface area contributed by atoms with Crippen LogP contribution in [0.5, 0.6) is 11.5 Å². The quantitative estimate of drug-likeness (QED) is 0.588. The summed E-state index contributed by atoms with van der Waals surface area (Å²) in [5, 5.41) is 0. The summed E-state index contributed by atoms with van der Waals surface area (Å²) >= 11 is 4.87. The van der Waals surface area contributed by atoms with E-state index in [0.29, 0.717) is 22.8 Å². The number of thiazole rings is 1. The van der Waals surface area contributed by atoms with E-state index in [1.807, 2.05) is 34.9 Å². The summed E-state index contributed by atoms with van der Waals surface area (Å²) in [6.07, 6.45) is 4.71. The van der Waals surface area contributed by atoms with Crippen molar-refractivity contribution in [2.24, 2.45) is 4.99 Å². The minimum Gasteiger partial charge on any atom is -0.485 e. The normalized spacial score (nSPS) is 16.5. The second-order valence-corrected chi connectivity index (χ2v) is 7.53. The molecule has 7 heteroatoms. The summed E-state index contributed by atoms with van der Waals surface area (Å²) in [7, 11) is 0. The average molecular weight is 429 g/mol. The molecule has 1 amide bonds. The van der Waals surface area contributed by atoms with Gasteiger partial charge in [0.25, 0.3) is 5.91 Å².